The first-order valence-corrected chi connectivity index (χ1v) is 17.8. The molecule has 10 nitrogen and oxygen atoms in total. The van der Waals surface area contributed by atoms with Crippen molar-refractivity contribution in [3.8, 4) is 34.1 Å². The maximum Gasteiger partial charge on any atom is 0.330 e. The van der Waals surface area contributed by atoms with Crippen LogP contribution in [0.4, 0.5) is 5.69 Å². The highest BCUT2D eigenvalue weighted by molar-refractivity contribution is 7.91. The van der Waals surface area contributed by atoms with Gasteiger partial charge in [0.15, 0.2) is 0 Å². The van der Waals surface area contributed by atoms with Crippen molar-refractivity contribution in [1.82, 2.24) is 24.5 Å². The summed E-state index contributed by atoms with van der Waals surface area (Å²) in [7, 11) is -3.96. The predicted octanol–water partition coefficient (Wildman–Crippen LogP) is 7.86. The Bertz CT molecular complexity index is 2080. The number of hydrogen-bond acceptors (Lipinski definition) is 7. The number of hydrogen-bond donors (Lipinski definition) is 2. The molecule has 0 spiro atoms. The van der Waals surface area contributed by atoms with Crippen molar-refractivity contribution < 1.29 is 18.3 Å². The Morgan fingerprint density at radius 2 is 1.69 bits per heavy atom. The number of aliphatic hydroxyl groups is 1. The van der Waals surface area contributed by atoms with E-state index in [1.165, 1.54) is 32.1 Å². The zero-order chi connectivity index (χ0) is 33.3. The van der Waals surface area contributed by atoms with Crippen molar-refractivity contribution >= 4 is 39.1 Å². The molecule has 246 valence electrons. The number of imidazole rings is 1. The molecule has 1 aliphatic carbocycles. The molecule has 3 aromatic carbocycles. The molecule has 0 atom stereocenters. The molecule has 0 radical (unpaired) electrons. The summed E-state index contributed by atoms with van der Waals surface area (Å²) in [6.45, 7) is 0.684. The molecular formula is C35H32Cl2N6O4S. The molecule has 0 unspecified atom stereocenters. The van der Waals surface area contributed by atoms with Gasteiger partial charge in [0.05, 0.1) is 34.9 Å². The lowest BCUT2D eigenvalue weighted by Crippen LogP contribution is -2.29. The van der Waals surface area contributed by atoms with Crippen LogP contribution in [-0.4, -0.2) is 39.9 Å². The number of benzene rings is 3. The van der Waals surface area contributed by atoms with E-state index in [0.717, 1.165) is 27.3 Å². The Morgan fingerprint density at radius 3 is 2.40 bits per heavy atom. The summed E-state index contributed by atoms with van der Waals surface area (Å²) in [4.78, 5) is 4.95. The third kappa shape index (κ3) is 6.99. The van der Waals surface area contributed by atoms with Gasteiger partial charge in [-0.25, -0.2) is 14.0 Å². The molecule has 13 heteroatoms. The van der Waals surface area contributed by atoms with Crippen LogP contribution in [0.5, 0.6) is 5.88 Å². The summed E-state index contributed by atoms with van der Waals surface area (Å²) < 4.78 is 36.0. The number of aromatic nitrogens is 4. The molecule has 3 heterocycles. The Kier molecular flexibility index (Phi) is 9.00. The highest BCUT2D eigenvalue weighted by atomic mass is 35.5. The minimum Gasteiger partial charge on any atom is -0.493 e. The third-order valence-electron chi connectivity index (χ3n) is 8.52. The first-order chi connectivity index (χ1) is 23.2. The van der Waals surface area contributed by atoms with E-state index in [2.05, 4.69) is 14.9 Å². The lowest BCUT2D eigenvalue weighted by molar-refractivity contribution is 0.201. The molecule has 1 saturated carbocycles. The zero-order valence-electron chi connectivity index (χ0n) is 25.8. The van der Waals surface area contributed by atoms with Crippen LogP contribution in [0.2, 0.25) is 10.0 Å². The first-order valence-electron chi connectivity index (χ1n) is 15.6. The molecular weight excluding hydrogens is 671 g/mol. The van der Waals surface area contributed by atoms with Crippen LogP contribution in [0.25, 0.3) is 28.2 Å². The molecule has 48 heavy (non-hydrogen) atoms. The minimum absolute atomic E-state index is 0.339. The monoisotopic (exact) mass is 702 g/mol. The van der Waals surface area contributed by atoms with Crippen LogP contribution in [0.3, 0.4) is 0 Å². The molecule has 7 rings (SSSR count). The molecule has 0 amide bonds. The molecule has 5 aromatic rings. The summed E-state index contributed by atoms with van der Waals surface area (Å²) in [5.41, 5.74) is 5.00. The quantitative estimate of drug-likeness (QED) is 0.160. The number of anilines is 1. The Balaban J connectivity index is 1.15. The molecule has 2 aromatic heterocycles. The van der Waals surface area contributed by atoms with Crippen LogP contribution < -0.4 is 13.8 Å². The fraction of sp³-hybridized carbons (Fsp3) is 0.229. The second-order valence-electron chi connectivity index (χ2n) is 11.9. The van der Waals surface area contributed by atoms with E-state index in [4.69, 9.17) is 32.9 Å². The standard InChI is InChI=1S/C35H32Cl2N6O4S/c36-26-13-14-29(30(37)18-26)32-20-42(27-7-4-8-28(19-27)43-21-34(44)41-48(43,45)46)33(38-32)17-23-9-11-25(12-10-23)31-15-16-35(40-39-31)47-22-24-5-2-1-3-6-24/h4,7-16,18-21,24,41,44H,1-3,5-6,17,22H2. The Hall–Kier alpha value is -4.58. The van der Waals surface area contributed by atoms with E-state index < -0.39 is 16.1 Å². The molecule has 0 bridgehead atoms. The Morgan fingerprint density at radius 1 is 0.896 bits per heavy atom. The molecule has 2 N–H and O–H groups in total. The smallest absolute Gasteiger partial charge is 0.330 e. The van der Waals surface area contributed by atoms with Crippen molar-refractivity contribution in [2.24, 2.45) is 5.92 Å². The summed E-state index contributed by atoms with van der Waals surface area (Å²) in [5.74, 6) is 1.37. The van der Waals surface area contributed by atoms with Gasteiger partial charge < -0.3 is 14.4 Å². The van der Waals surface area contributed by atoms with Gasteiger partial charge in [-0.15, -0.1) is 10.2 Å². The van der Waals surface area contributed by atoms with Crippen molar-refractivity contribution in [3.63, 3.8) is 0 Å². The van der Waals surface area contributed by atoms with E-state index >= 15 is 0 Å². The zero-order valence-corrected chi connectivity index (χ0v) is 28.1. The number of halogens is 2. The van der Waals surface area contributed by atoms with Crippen molar-refractivity contribution in [3.05, 3.63) is 119 Å². The van der Waals surface area contributed by atoms with E-state index in [1.54, 1.807) is 30.3 Å². The largest absolute Gasteiger partial charge is 0.493 e. The van der Waals surface area contributed by atoms with Gasteiger partial charge in [0, 0.05) is 40.5 Å². The maximum atomic E-state index is 12.6. The number of rotatable bonds is 9. The highest BCUT2D eigenvalue weighted by Gasteiger charge is 2.29. The van der Waals surface area contributed by atoms with E-state index in [1.807, 2.05) is 59.3 Å². The van der Waals surface area contributed by atoms with Crippen LogP contribution in [-0.2, 0) is 16.6 Å². The summed E-state index contributed by atoms with van der Waals surface area (Å²) >= 11 is 12.7. The van der Waals surface area contributed by atoms with Crippen molar-refractivity contribution in [1.29, 1.82) is 0 Å². The predicted molar refractivity (Wildman–Crippen MR) is 187 cm³/mol. The second-order valence-corrected chi connectivity index (χ2v) is 14.3. The van der Waals surface area contributed by atoms with Gasteiger partial charge in [-0.2, -0.15) is 8.42 Å². The summed E-state index contributed by atoms with van der Waals surface area (Å²) in [5, 5.41) is 19.5. The van der Waals surface area contributed by atoms with E-state index in [-0.39, 0.29) is 0 Å². The van der Waals surface area contributed by atoms with Crippen molar-refractivity contribution in [2.45, 2.75) is 38.5 Å². The first kappa shape index (κ1) is 32.0. The Labute approximate surface area is 288 Å². The number of aliphatic hydroxyl groups excluding tert-OH is 1. The van der Waals surface area contributed by atoms with Gasteiger partial charge in [0.1, 0.15) is 5.82 Å². The van der Waals surface area contributed by atoms with Gasteiger partial charge in [-0.1, -0.05) is 72.8 Å². The van der Waals surface area contributed by atoms with Gasteiger partial charge in [0.2, 0.25) is 11.8 Å². The van der Waals surface area contributed by atoms with E-state index in [9.17, 15) is 13.5 Å². The minimum atomic E-state index is -3.96. The lowest BCUT2D eigenvalue weighted by Gasteiger charge is -2.21. The van der Waals surface area contributed by atoms with Gasteiger partial charge in [0.25, 0.3) is 0 Å². The van der Waals surface area contributed by atoms with Crippen LogP contribution >= 0.6 is 23.2 Å². The van der Waals surface area contributed by atoms with Gasteiger partial charge in [-0.3, -0.25) is 0 Å². The highest BCUT2D eigenvalue weighted by Crippen LogP contribution is 2.33. The molecule has 1 aliphatic heterocycles. The van der Waals surface area contributed by atoms with Crippen LogP contribution in [0.15, 0.2) is 97.1 Å². The fourth-order valence-corrected chi connectivity index (χ4v) is 7.61. The molecule has 0 saturated heterocycles. The number of nitrogens with zero attached hydrogens (tertiary/aromatic N) is 5. The van der Waals surface area contributed by atoms with Gasteiger partial charge >= 0.3 is 10.2 Å². The average molecular weight is 704 g/mol. The van der Waals surface area contributed by atoms with Crippen LogP contribution in [0, 0.1) is 5.92 Å². The number of nitrogens with one attached hydrogen (secondary N) is 1. The fourth-order valence-electron chi connectivity index (χ4n) is 6.06. The van der Waals surface area contributed by atoms with Crippen LogP contribution in [0.1, 0.15) is 43.5 Å². The van der Waals surface area contributed by atoms with Gasteiger partial charge in [-0.05, 0) is 66.8 Å². The van der Waals surface area contributed by atoms with E-state index in [0.29, 0.717) is 63.3 Å². The molecule has 1 fully saturated rings. The normalized spacial score (nSPS) is 16.0. The average Bonchev–Trinajstić information content (AvgIpc) is 3.63. The summed E-state index contributed by atoms with van der Waals surface area (Å²) in [6, 6.07) is 24.0. The SMILES string of the molecule is O=S1(=O)NC(O)=CN1c1cccc(-n2cc(-c3ccc(Cl)cc3Cl)nc2Cc2ccc(-c3ccc(OCC4CCCCC4)nn3)cc2)c1. The lowest BCUT2D eigenvalue weighted by atomic mass is 9.90. The molecule has 2 aliphatic rings. The number of ether oxygens (including phenoxy) is 1. The second kappa shape index (κ2) is 13.5. The third-order valence-corrected chi connectivity index (χ3v) is 10.4. The maximum absolute atomic E-state index is 12.6. The topological polar surface area (TPSA) is 122 Å². The summed E-state index contributed by atoms with van der Waals surface area (Å²) in [6.07, 6.45) is 9.72. The van der Waals surface area contributed by atoms with Crippen molar-refractivity contribution in [2.75, 3.05) is 10.9 Å².